The number of fused-ring (bicyclic) bond motifs is 1. The summed E-state index contributed by atoms with van der Waals surface area (Å²) in [6, 6.07) is 5.13. The van der Waals surface area contributed by atoms with E-state index in [1.165, 1.54) is 17.4 Å². The van der Waals surface area contributed by atoms with Crippen molar-refractivity contribution in [3.05, 3.63) is 41.0 Å². The van der Waals surface area contributed by atoms with Gasteiger partial charge in [-0.3, -0.25) is 0 Å². The van der Waals surface area contributed by atoms with Crippen molar-refractivity contribution in [3.8, 4) is 11.3 Å². The Labute approximate surface area is 110 Å². The lowest BCUT2D eigenvalue weighted by molar-refractivity contribution is -0.137. The Balaban J connectivity index is 2.08. The minimum absolute atomic E-state index is 0.435. The summed E-state index contributed by atoms with van der Waals surface area (Å²) in [5, 5.41) is 5.04. The maximum absolute atomic E-state index is 12.6. The molecule has 19 heavy (non-hydrogen) atoms. The average molecular weight is 283 g/mol. The van der Waals surface area contributed by atoms with E-state index in [-0.39, 0.29) is 0 Å². The first kappa shape index (κ1) is 12.2. The quantitative estimate of drug-likeness (QED) is 0.680. The molecule has 0 saturated heterocycles. The fourth-order valence-electron chi connectivity index (χ4n) is 1.79. The van der Waals surface area contributed by atoms with Gasteiger partial charge in [0.15, 0.2) is 0 Å². The molecule has 2 heterocycles. The predicted molar refractivity (Wildman–Crippen MR) is 66.0 cm³/mol. The van der Waals surface area contributed by atoms with Crippen molar-refractivity contribution in [2.75, 3.05) is 0 Å². The molecule has 3 aromatic rings. The van der Waals surface area contributed by atoms with Crippen molar-refractivity contribution in [3.63, 3.8) is 0 Å². The first-order chi connectivity index (χ1) is 8.93. The van der Waals surface area contributed by atoms with Gasteiger partial charge in [0.05, 0.1) is 17.5 Å². The number of aryl methyl sites for hydroxylation is 1. The Kier molecular flexibility index (Phi) is 2.60. The Morgan fingerprint density at radius 1 is 1.26 bits per heavy atom. The summed E-state index contributed by atoms with van der Waals surface area (Å²) in [7, 11) is 0. The van der Waals surface area contributed by atoms with Gasteiger partial charge in [0, 0.05) is 5.56 Å². The van der Waals surface area contributed by atoms with Crippen LogP contribution in [0.25, 0.3) is 16.2 Å². The van der Waals surface area contributed by atoms with Gasteiger partial charge in [-0.15, -0.1) is 0 Å². The topological polar surface area (TPSA) is 30.2 Å². The molecule has 0 aliphatic heterocycles. The standard InChI is InChI=1S/C12H8F3N3S/c1-7-17-18-6-10(16-11(18)19-7)8-3-2-4-9(5-8)12(13,14)15/h2-6H,1H3. The van der Waals surface area contributed by atoms with E-state index < -0.39 is 11.7 Å². The molecule has 0 bridgehead atoms. The van der Waals surface area contributed by atoms with Crippen LogP contribution < -0.4 is 0 Å². The van der Waals surface area contributed by atoms with Crippen molar-refractivity contribution >= 4 is 16.3 Å². The number of aromatic nitrogens is 3. The molecule has 0 aliphatic carbocycles. The van der Waals surface area contributed by atoms with Crippen LogP contribution in [-0.4, -0.2) is 14.6 Å². The Bertz CT molecular complexity index is 711. The fourth-order valence-corrected chi connectivity index (χ4v) is 2.52. The van der Waals surface area contributed by atoms with Crippen LogP contribution in [0, 0.1) is 6.92 Å². The Morgan fingerprint density at radius 3 is 2.74 bits per heavy atom. The van der Waals surface area contributed by atoms with Crippen LogP contribution in [0.4, 0.5) is 13.2 Å². The molecule has 3 nitrogen and oxygen atoms in total. The van der Waals surface area contributed by atoms with Crippen molar-refractivity contribution in [1.29, 1.82) is 0 Å². The molecule has 2 aromatic heterocycles. The van der Waals surface area contributed by atoms with E-state index in [9.17, 15) is 13.2 Å². The van der Waals surface area contributed by atoms with Gasteiger partial charge in [-0.1, -0.05) is 23.5 Å². The number of hydrogen-bond acceptors (Lipinski definition) is 3. The van der Waals surface area contributed by atoms with E-state index in [1.807, 2.05) is 6.92 Å². The zero-order chi connectivity index (χ0) is 13.6. The second-order valence-corrected chi connectivity index (χ2v) is 5.21. The highest BCUT2D eigenvalue weighted by atomic mass is 32.1. The zero-order valence-corrected chi connectivity index (χ0v) is 10.6. The summed E-state index contributed by atoms with van der Waals surface area (Å²) in [5.41, 5.74) is 0.250. The molecule has 0 radical (unpaired) electrons. The van der Waals surface area contributed by atoms with E-state index >= 15 is 0 Å². The molecule has 0 amide bonds. The van der Waals surface area contributed by atoms with Crippen molar-refractivity contribution in [2.24, 2.45) is 0 Å². The summed E-state index contributed by atoms with van der Waals surface area (Å²) in [6.07, 6.45) is -2.71. The Hall–Kier alpha value is -1.89. The second kappa shape index (κ2) is 4.06. The molecule has 1 aromatic carbocycles. The summed E-state index contributed by atoms with van der Waals surface area (Å²) >= 11 is 1.40. The molecule has 98 valence electrons. The summed E-state index contributed by atoms with van der Waals surface area (Å²) in [6.45, 7) is 1.85. The van der Waals surface area contributed by atoms with Gasteiger partial charge in [-0.2, -0.15) is 18.3 Å². The highest BCUT2D eigenvalue weighted by Crippen LogP contribution is 2.32. The number of alkyl halides is 3. The van der Waals surface area contributed by atoms with Crippen molar-refractivity contribution in [2.45, 2.75) is 13.1 Å². The van der Waals surface area contributed by atoms with E-state index in [1.54, 1.807) is 16.8 Å². The highest BCUT2D eigenvalue weighted by Gasteiger charge is 2.30. The van der Waals surface area contributed by atoms with Gasteiger partial charge in [0.2, 0.25) is 4.96 Å². The number of imidazole rings is 1. The fraction of sp³-hybridized carbons (Fsp3) is 0.167. The van der Waals surface area contributed by atoms with Crippen molar-refractivity contribution in [1.82, 2.24) is 14.6 Å². The first-order valence-corrected chi connectivity index (χ1v) is 6.25. The molecular formula is C12H8F3N3S. The minimum atomic E-state index is -4.35. The van der Waals surface area contributed by atoms with Gasteiger partial charge < -0.3 is 0 Å². The van der Waals surface area contributed by atoms with E-state index in [2.05, 4.69) is 10.1 Å². The number of rotatable bonds is 1. The summed E-state index contributed by atoms with van der Waals surface area (Å²) in [4.78, 5) is 4.95. The highest BCUT2D eigenvalue weighted by molar-refractivity contribution is 7.16. The van der Waals surface area contributed by atoms with Crippen LogP contribution in [0.3, 0.4) is 0 Å². The zero-order valence-electron chi connectivity index (χ0n) is 9.77. The summed E-state index contributed by atoms with van der Waals surface area (Å²) in [5.74, 6) is 0. The maximum Gasteiger partial charge on any atom is 0.416 e. The van der Waals surface area contributed by atoms with Crippen LogP contribution >= 0.6 is 11.3 Å². The van der Waals surface area contributed by atoms with Crippen LogP contribution in [0.5, 0.6) is 0 Å². The number of halogens is 3. The number of nitrogens with zero attached hydrogens (tertiary/aromatic N) is 3. The molecule has 3 rings (SSSR count). The van der Waals surface area contributed by atoms with E-state index in [0.29, 0.717) is 16.2 Å². The molecule has 0 atom stereocenters. The van der Waals surface area contributed by atoms with Gasteiger partial charge in [-0.25, -0.2) is 9.50 Å². The van der Waals surface area contributed by atoms with Crippen LogP contribution in [0.15, 0.2) is 30.5 Å². The third-order valence-corrected chi connectivity index (χ3v) is 3.47. The second-order valence-electron chi connectivity index (χ2n) is 4.05. The van der Waals surface area contributed by atoms with Crippen LogP contribution in [0.2, 0.25) is 0 Å². The van der Waals surface area contributed by atoms with Crippen molar-refractivity contribution < 1.29 is 13.2 Å². The lowest BCUT2D eigenvalue weighted by atomic mass is 10.1. The molecule has 7 heteroatoms. The lowest BCUT2D eigenvalue weighted by Gasteiger charge is -2.07. The third kappa shape index (κ3) is 2.21. The molecule has 0 saturated carbocycles. The predicted octanol–water partition coefficient (Wildman–Crippen LogP) is 3.79. The van der Waals surface area contributed by atoms with Gasteiger partial charge >= 0.3 is 6.18 Å². The maximum atomic E-state index is 12.6. The normalized spacial score (nSPS) is 12.2. The minimum Gasteiger partial charge on any atom is -0.217 e. The Morgan fingerprint density at radius 2 is 2.05 bits per heavy atom. The molecule has 0 fully saturated rings. The lowest BCUT2D eigenvalue weighted by Crippen LogP contribution is -2.04. The smallest absolute Gasteiger partial charge is 0.217 e. The van der Waals surface area contributed by atoms with E-state index in [4.69, 9.17) is 0 Å². The third-order valence-electron chi connectivity index (χ3n) is 2.63. The van der Waals surface area contributed by atoms with Gasteiger partial charge in [0.1, 0.15) is 5.01 Å². The van der Waals surface area contributed by atoms with E-state index in [0.717, 1.165) is 17.1 Å². The number of hydrogen-bond donors (Lipinski definition) is 0. The SMILES string of the molecule is Cc1nn2cc(-c3cccc(C(F)(F)F)c3)nc2s1. The molecule has 0 spiro atoms. The summed E-state index contributed by atoms with van der Waals surface area (Å²) < 4.78 is 39.5. The molecule has 0 aliphatic rings. The van der Waals surface area contributed by atoms with Crippen LogP contribution in [-0.2, 0) is 6.18 Å². The molecular weight excluding hydrogens is 275 g/mol. The molecule has 0 N–H and O–H groups in total. The number of benzene rings is 1. The first-order valence-electron chi connectivity index (χ1n) is 5.44. The average Bonchev–Trinajstić information content (AvgIpc) is 2.85. The van der Waals surface area contributed by atoms with Gasteiger partial charge in [0.25, 0.3) is 0 Å². The molecule has 0 unspecified atom stereocenters. The van der Waals surface area contributed by atoms with Crippen LogP contribution in [0.1, 0.15) is 10.6 Å². The van der Waals surface area contributed by atoms with Gasteiger partial charge in [-0.05, 0) is 19.1 Å². The monoisotopic (exact) mass is 283 g/mol. The largest absolute Gasteiger partial charge is 0.416 e.